The van der Waals surface area contributed by atoms with Crippen LogP contribution in [0, 0.1) is 0 Å². The van der Waals surface area contributed by atoms with E-state index in [9.17, 15) is 9.90 Å². The number of benzene rings is 3. The summed E-state index contributed by atoms with van der Waals surface area (Å²) < 4.78 is 22.7. The molecule has 0 saturated carbocycles. The van der Waals surface area contributed by atoms with Crippen molar-refractivity contribution in [1.82, 2.24) is 15.2 Å². The zero-order valence-corrected chi connectivity index (χ0v) is 23.1. The van der Waals surface area contributed by atoms with Gasteiger partial charge in [-0.15, -0.1) is 5.10 Å². The van der Waals surface area contributed by atoms with E-state index in [1.807, 2.05) is 30.3 Å². The van der Waals surface area contributed by atoms with Gasteiger partial charge in [0, 0.05) is 16.1 Å². The molecule has 0 spiro atoms. The molecule has 0 saturated heterocycles. The summed E-state index contributed by atoms with van der Waals surface area (Å²) in [6.45, 7) is 0.362. The molecule has 4 rings (SSSR count). The number of nitrogens with one attached hydrogen (secondary N) is 1. The quantitative estimate of drug-likeness (QED) is 0.157. The van der Waals surface area contributed by atoms with Gasteiger partial charge in [0.25, 0.3) is 0 Å². The van der Waals surface area contributed by atoms with E-state index in [1.165, 1.54) is 13.2 Å². The molecule has 4 aromatic rings. The molecule has 11 heteroatoms. The Labute approximate surface area is 231 Å². The van der Waals surface area contributed by atoms with Crippen LogP contribution in [0.15, 0.2) is 75.2 Å². The van der Waals surface area contributed by atoms with Crippen molar-refractivity contribution < 1.29 is 28.8 Å². The van der Waals surface area contributed by atoms with Gasteiger partial charge in [-0.3, -0.25) is 5.10 Å². The fourth-order valence-corrected chi connectivity index (χ4v) is 4.54. The Morgan fingerprint density at radius 3 is 2.34 bits per heavy atom. The van der Waals surface area contributed by atoms with E-state index < -0.39 is 5.97 Å². The summed E-state index contributed by atoms with van der Waals surface area (Å²) >= 11 is 4.43. The van der Waals surface area contributed by atoms with Crippen LogP contribution in [-0.2, 0) is 11.4 Å². The van der Waals surface area contributed by atoms with Gasteiger partial charge < -0.3 is 24.1 Å². The molecule has 0 amide bonds. The van der Waals surface area contributed by atoms with Gasteiger partial charge >= 0.3 is 5.97 Å². The molecule has 196 valence electrons. The number of ether oxygens (including phenoxy) is 4. The number of methoxy groups -OCH3 is 3. The molecule has 1 heterocycles. The first-order valence-electron chi connectivity index (χ1n) is 11.2. The molecular weight excluding hydrogens is 574 g/mol. The van der Waals surface area contributed by atoms with Crippen LogP contribution < -0.4 is 18.9 Å². The highest BCUT2D eigenvalue weighted by Gasteiger charge is 2.17. The molecule has 38 heavy (non-hydrogen) atoms. The van der Waals surface area contributed by atoms with Crippen LogP contribution in [0.2, 0.25) is 0 Å². The molecule has 0 bridgehead atoms. The first-order valence-corrected chi connectivity index (χ1v) is 12.8. The van der Waals surface area contributed by atoms with Gasteiger partial charge in [0.15, 0.2) is 17.3 Å². The topological polar surface area (TPSA) is 116 Å². The number of hydrogen-bond acceptors (Lipinski definition) is 8. The van der Waals surface area contributed by atoms with Crippen LogP contribution in [0.1, 0.15) is 11.1 Å². The Kier molecular flexibility index (Phi) is 8.93. The standard InChI is InChI=1S/C27H24BrN3O6S/c1-34-19-9-18(10-20(13-19)35-2)25-29-27(31-30-25)38-24(26(32)33)12-17-11-22(36-3)23(14-21(17)28)37-15-16-7-5-4-6-8-16/h4-14H,15H2,1-3H3,(H,32,33)(H,29,30,31)/b24-12-. The van der Waals surface area contributed by atoms with E-state index in [0.717, 1.165) is 17.3 Å². The van der Waals surface area contributed by atoms with Crippen molar-refractivity contribution in [3.05, 3.63) is 81.2 Å². The first-order chi connectivity index (χ1) is 18.4. The third-order valence-corrected chi connectivity index (χ3v) is 6.87. The van der Waals surface area contributed by atoms with Crippen molar-refractivity contribution in [2.24, 2.45) is 0 Å². The van der Waals surface area contributed by atoms with Crippen molar-refractivity contribution in [1.29, 1.82) is 0 Å². The number of aromatic nitrogens is 3. The Morgan fingerprint density at radius 1 is 1.00 bits per heavy atom. The van der Waals surface area contributed by atoms with Crippen LogP contribution in [0.5, 0.6) is 23.0 Å². The van der Waals surface area contributed by atoms with Crippen LogP contribution in [0.3, 0.4) is 0 Å². The van der Waals surface area contributed by atoms with Crippen molar-refractivity contribution in [2.45, 2.75) is 11.8 Å². The second kappa shape index (κ2) is 12.5. The number of H-pyrrole nitrogens is 1. The van der Waals surface area contributed by atoms with Gasteiger partial charge in [0.05, 0.1) is 21.3 Å². The lowest BCUT2D eigenvalue weighted by molar-refractivity contribution is -0.131. The minimum absolute atomic E-state index is 0.0134. The number of halogens is 1. The summed E-state index contributed by atoms with van der Waals surface area (Å²) in [5.41, 5.74) is 2.28. The van der Waals surface area contributed by atoms with E-state index in [4.69, 9.17) is 18.9 Å². The lowest BCUT2D eigenvalue weighted by Crippen LogP contribution is -2.00. The smallest absolute Gasteiger partial charge is 0.342 e. The monoisotopic (exact) mass is 597 g/mol. The third kappa shape index (κ3) is 6.67. The van der Waals surface area contributed by atoms with E-state index >= 15 is 0 Å². The molecule has 9 nitrogen and oxygen atoms in total. The van der Waals surface area contributed by atoms with Gasteiger partial charge in [-0.05, 0) is 53.2 Å². The first kappa shape index (κ1) is 27.1. The average molecular weight is 598 g/mol. The lowest BCUT2D eigenvalue weighted by Gasteiger charge is -2.13. The zero-order valence-electron chi connectivity index (χ0n) is 20.7. The van der Waals surface area contributed by atoms with E-state index in [0.29, 0.717) is 51.0 Å². The summed E-state index contributed by atoms with van der Waals surface area (Å²) in [6, 6.07) is 18.5. The molecule has 2 N–H and O–H groups in total. The van der Waals surface area contributed by atoms with E-state index in [1.54, 1.807) is 44.6 Å². The molecule has 0 aliphatic carbocycles. The fraction of sp³-hybridized carbons (Fsp3) is 0.148. The number of hydrogen-bond donors (Lipinski definition) is 2. The number of rotatable bonds is 11. The van der Waals surface area contributed by atoms with Crippen molar-refractivity contribution in [3.8, 4) is 34.4 Å². The number of thioether (sulfide) groups is 1. The highest BCUT2D eigenvalue weighted by Crippen LogP contribution is 2.37. The van der Waals surface area contributed by atoms with E-state index in [-0.39, 0.29) is 10.1 Å². The van der Waals surface area contributed by atoms with Crippen molar-refractivity contribution in [3.63, 3.8) is 0 Å². The molecular formula is C27H24BrN3O6S. The molecule has 0 radical (unpaired) electrons. The van der Waals surface area contributed by atoms with Crippen LogP contribution in [0.25, 0.3) is 17.5 Å². The van der Waals surface area contributed by atoms with Crippen molar-refractivity contribution in [2.75, 3.05) is 21.3 Å². The predicted octanol–water partition coefficient (Wildman–Crippen LogP) is 6.06. The minimum Gasteiger partial charge on any atom is -0.497 e. The van der Waals surface area contributed by atoms with Gasteiger partial charge in [-0.25, -0.2) is 9.78 Å². The molecule has 0 aliphatic heterocycles. The molecule has 0 unspecified atom stereocenters. The fourth-order valence-electron chi connectivity index (χ4n) is 3.41. The largest absolute Gasteiger partial charge is 0.497 e. The van der Waals surface area contributed by atoms with Crippen molar-refractivity contribution >= 4 is 39.7 Å². The number of aliphatic carboxylic acids is 1. The number of nitrogens with zero attached hydrogens (tertiary/aromatic N) is 2. The minimum atomic E-state index is -1.13. The second-order valence-corrected chi connectivity index (χ2v) is 9.65. The molecule has 3 aromatic carbocycles. The highest BCUT2D eigenvalue weighted by atomic mass is 79.9. The Hall–Kier alpha value is -3.96. The summed E-state index contributed by atoms with van der Waals surface area (Å²) in [6.07, 6.45) is 1.52. The van der Waals surface area contributed by atoms with Gasteiger partial charge in [-0.2, -0.15) is 0 Å². The Bertz CT molecular complexity index is 1440. The molecule has 0 atom stereocenters. The predicted molar refractivity (Wildman–Crippen MR) is 148 cm³/mol. The maximum Gasteiger partial charge on any atom is 0.342 e. The average Bonchev–Trinajstić information content (AvgIpc) is 3.41. The maximum absolute atomic E-state index is 12.1. The summed E-state index contributed by atoms with van der Waals surface area (Å²) in [5.74, 6) is 1.49. The maximum atomic E-state index is 12.1. The van der Waals surface area contributed by atoms with Gasteiger partial charge in [-0.1, -0.05) is 46.3 Å². The van der Waals surface area contributed by atoms with Crippen LogP contribution in [0.4, 0.5) is 0 Å². The van der Waals surface area contributed by atoms with Crippen LogP contribution in [-0.4, -0.2) is 47.6 Å². The zero-order chi connectivity index (χ0) is 27.1. The number of carboxylic acid groups (broad SMARTS) is 1. The normalized spacial score (nSPS) is 11.2. The summed E-state index contributed by atoms with van der Waals surface area (Å²) in [5, 5.41) is 17.1. The molecule has 0 aliphatic rings. The summed E-state index contributed by atoms with van der Waals surface area (Å²) in [7, 11) is 4.64. The number of carbonyl (C=O) groups is 1. The Morgan fingerprint density at radius 2 is 1.71 bits per heavy atom. The lowest BCUT2D eigenvalue weighted by atomic mass is 10.2. The van der Waals surface area contributed by atoms with Gasteiger partial charge in [0.1, 0.15) is 23.0 Å². The molecule has 1 aromatic heterocycles. The third-order valence-electron chi connectivity index (χ3n) is 5.31. The second-order valence-electron chi connectivity index (χ2n) is 7.78. The highest BCUT2D eigenvalue weighted by molar-refractivity contribution is 9.10. The summed E-state index contributed by atoms with van der Waals surface area (Å²) in [4.78, 5) is 16.5. The SMILES string of the molecule is COc1cc(OC)cc(-c2nc(S/C(=C\c3cc(OC)c(OCc4ccccc4)cc3Br)C(=O)O)n[nH]2)c1. The molecule has 0 fully saturated rings. The van der Waals surface area contributed by atoms with Gasteiger partial charge in [0.2, 0.25) is 5.16 Å². The Balaban J connectivity index is 1.57. The van der Waals surface area contributed by atoms with Crippen LogP contribution >= 0.6 is 27.7 Å². The van der Waals surface area contributed by atoms with E-state index in [2.05, 4.69) is 31.1 Å². The number of aromatic amines is 1. The number of carboxylic acids is 1.